The average Bonchev–Trinajstić information content (AvgIpc) is 2.69. The zero-order valence-electron chi connectivity index (χ0n) is 9.38. The molecule has 0 saturated carbocycles. The van der Waals surface area contributed by atoms with Gasteiger partial charge in [-0.3, -0.25) is 0 Å². The Balaban J connectivity index is 2.03. The van der Waals surface area contributed by atoms with Crippen LogP contribution in [-0.4, -0.2) is 28.0 Å². The van der Waals surface area contributed by atoms with Gasteiger partial charge in [0.05, 0.1) is 0 Å². The fourth-order valence-corrected chi connectivity index (χ4v) is 1.70. The lowest BCUT2D eigenvalue weighted by molar-refractivity contribution is 0.171. The molecule has 6 nitrogen and oxygen atoms in total. The van der Waals surface area contributed by atoms with Crippen LogP contribution in [0.5, 0.6) is 11.5 Å². The number of hydrogen-bond acceptors (Lipinski definition) is 5. The van der Waals surface area contributed by atoms with Gasteiger partial charge >= 0.3 is 0 Å². The molecule has 0 unspecified atom stereocenters. The van der Waals surface area contributed by atoms with Crippen LogP contribution in [0.1, 0.15) is 0 Å². The van der Waals surface area contributed by atoms with Gasteiger partial charge in [-0.2, -0.15) is 4.98 Å². The first-order valence-corrected chi connectivity index (χ1v) is 5.30. The van der Waals surface area contributed by atoms with Crippen molar-refractivity contribution < 1.29 is 9.47 Å². The third-order valence-electron chi connectivity index (χ3n) is 2.60. The molecule has 1 aliphatic rings. The number of nitrogen functional groups attached to an aromatic ring is 1. The van der Waals surface area contributed by atoms with Crippen LogP contribution in [0.3, 0.4) is 0 Å². The molecule has 0 fully saturated rings. The molecule has 0 saturated heterocycles. The first-order chi connectivity index (χ1) is 8.24. The molecule has 17 heavy (non-hydrogen) atoms. The predicted octanol–water partition coefficient (Wildman–Crippen LogP) is 0.835. The number of fused-ring (bicyclic) bond motifs is 1. The molecule has 2 aromatic rings. The molecule has 1 aliphatic heterocycles. The minimum absolute atomic E-state index is 0.384. The highest BCUT2D eigenvalue weighted by Crippen LogP contribution is 2.33. The zero-order valence-corrected chi connectivity index (χ0v) is 9.38. The Morgan fingerprint density at radius 3 is 2.71 bits per heavy atom. The van der Waals surface area contributed by atoms with E-state index in [-0.39, 0.29) is 0 Å². The van der Waals surface area contributed by atoms with E-state index in [1.54, 1.807) is 7.05 Å². The van der Waals surface area contributed by atoms with Crippen LogP contribution in [0.2, 0.25) is 0 Å². The largest absolute Gasteiger partial charge is 0.486 e. The molecule has 1 aromatic heterocycles. The summed E-state index contributed by atoms with van der Waals surface area (Å²) in [6, 6.07) is 5.61. The number of aromatic nitrogens is 3. The number of ether oxygens (including phenoxy) is 2. The minimum atomic E-state index is 0.384. The number of nitrogens with zero attached hydrogens (tertiary/aromatic N) is 3. The van der Waals surface area contributed by atoms with Crippen molar-refractivity contribution in [2.75, 3.05) is 18.9 Å². The van der Waals surface area contributed by atoms with E-state index in [2.05, 4.69) is 10.1 Å². The van der Waals surface area contributed by atoms with Crippen molar-refractivity contribution in [2.24, 2.45) is 7.05 Å². The van der Waals surface area contributed by atoms with Gasteiger partial charge in [0.2, 0.25) is 5.95 Å². The van der Waals surface area contributed by atoms with Crippen LogP contribution in [-0.2, 0) is 7.05 Å². The summed E-state index contributed by atoms with van der Waals surface area (Å²) in [6.45, 7) is 1.15. The van der Waals surface area contributed by atoms with Gasteiger partial charge in [0.15, 0.2) is 17.3 Å². The van der Waals surface area contributed by atoms with Crippen LogP contribution >= 0.6 is 0 Å². The first-order valence-electron chi connectivity index (χ1n) is 5.30. The van der Waals surface area contributed by atoms with Crippen LogP contribution in [0.4, 0.5) is 5.95 Å². The van der Waals surface area contributed by atoms with E-state index >= 15 is 0 Å². The van der Waals surface area contributed by atoms with Crippen LogP contribution < -0.4 is 15.2 Å². The number of hydrogen-bond donors (Lipinski definition) is 1. The minimum Gasteiger partial charge on any atom is -0.486 e. The Bertz CT molecular complexity index is 545. The summed E-state index contributed by atoms with van der Waals surface area (Å²) in [5, 5.41) is 4.21. The molecule has 0 bridgehead atoms. The molecule has 0 amide bonds. The van der Waals surface area contributed by atoms with Gasteiger partial charge in [0.1, 0.15) is 13.2 Å². The summed E-state index contributed by atoms with van der Waals surface area (Å²) in [5.74, 6) is 2.44. The second kappa shape index (κ2) is 3.65. The van der Waals surface area contributed by atoms with Gasteiger partial charge < -0.3 is 15.2 Å². The molecule has 3 rings (SSSR count). The van der Waals surface area contributed by atoms with E-state index in [1.165, 1.54) is 4.68 Å². The van der Waals surface area contributed by atoms with Crippen molar-refractivity contribution in [3.8, 4) is 22.9 Å². The second-order valence-electron chi connectivity index (χ2n) is 3.78. The Labute approximate surface area is 98.0 Å². The van der Waals surface area contributed by atoms with E-state index in [0.29, 0.717) is 25.0 Å². The van der Waals surface area contributed by atoms with E-state index in [0.717, 1.165) is 17.1 Å². The average molecular weight is 232 g/mol. The van der Waals surface area contributed by atoms with Gasteiger partial charge in [0.25, 0.3) is 0 Å². The zero-order chi connectivity index (χ0) is 11.8. The Morgan fingerprint density at radius 2 is 2.00 bits per heavy atom. The number of aryl methyl sites for hydroxylation is 1. The predicted molar refractivity (Wildman–Crippen MR) is 61.8 cm³/mol. The Kier molecular flexibility index (Phi) is 2.14. The van der Waals surface area contributed by atoms with Gasteiger partial charge in [-0.1, -0.05) is 0 Å². The molecule has 2 heterocycles. The molecule has 0 atom stereocenters. The summed E-state index contributed by atoms with van der Waals surface area (Å²) < 4.78 is 12.5. The highest BCUT2D eigenvalue weighted by molar-refractivity contribution is 5.61. The number of nitrogens with two attached hydrogens (primary N) is 1. The Hall–Kier alpha value is -2.24. The third-order valence-corrected chi connectivity index (χ3v) is 2.60. The van der Waals surface area contributed by atoms with E-state index in [4.69, 9.17) is 15.2 Å². The van der Waals surface area contributed by atoms with Gasteiger partial charge in [0, 0.05) is 12.6 Å². The van der Waals surface area contributed by atoms with Gasteiger partial charge in [-0.05, 0) is 18.2 Å². The SMILES string of the molecule is Cn1nc(-c2ccc3c(c2)OCCO3)nc1N. The van der Waals surface area contributed by atoms with Gasteiger partial charge in [-0.15, -0.1) is 5.10 Å². The molecule has 88 valence electrons. The number of benzene rings is 1. The van der Waals surface area contributed by atoms with E-state index in [9.17, 15) is 0 Å². The fourth-order valence-electron chi connectivity index (χ4n) is 1.70. The lowest BCUT2D eigenvalue weighted by Gasteiger charge is -2.18. The second-order valence-corrected chi connectivity index (χ2v) is 3.78. The fraction of sp³-hybridized carbons (Fsp3) is 0.273. The molecular weight excluding hydrogens is 220 g/mol. The molecule has 0 spiro atoms. The van der Waals surface area contributed by atoms with Crippen molar-refractivity contribution >= 4 is 5.95 Å². The van der Waals surface area contributed by atoms with Crippen molar-refractivity contribution in [1.29, 1.82) is 0 Å². The van der Waals surface area contributed by atoms with Crippen molar-refractivity contribution in [3.05, 3.63) is 18.2 Å². The maximum atomic E-state index is 5.65. The topological polar surface area (TPSA) is 75.2 Å². The molecule has 2 N–H and O–H groups in total. The van der Waals surface area contributed by atoms with E-state index in [1.807, 2.05) is 18.2 Å². The first kappa shape index (κ1) is 9.95. The number of rotatable bonds is 1. The van der Waals surface area contributed by atoms with Crippen LogP contribution in [0.25, 0.3) is 11.4 Å². The normalized spacial score (nSPS) is 13.7. The monoisotopic (exact) mass is 232 g/mol. The Morgan fingerprint density at radius 1 is 1.24 bits per heavy atom. The van der Waals surface area contributed by atoms with Crippen LogP contribution in [0.15, 0.2) is 18.2 Å². The van der Waals surface area contributed by atoms with Crippen LogP contribution in [0, 0.1) is 0 Å². The molecular formula is C11H12N4O2. The highest BCUT2D eigenvalue weighted by atomic mass is 16.6. The number of anilines is 1. The maximum absolute atomic E-state index is 5.65. The van der Waals surface area contributed by atoms with Crippen molar-refractivity contribution in [3.63, 3.8) is 0 Å². The molecule has 0 aliphatic carbocycles. The van der Waals surface area contributed by atoms with Crippen molar-refractivity contribution in [2.45, 2.75) is 0 Å². The standard InChI is InChI=1S/C11H12N4O2/c1-15-11(12)13-10(14-15)7-2-3-8-9(6-7)17-5-4-16-8/h2-3,6H,4-5H2,1H3,(H2,12,13,14). The third kappa shape index (κ3) is 1.67. The highest BCUT2D eigenvalue weighted by Gasteiger charge is 2.14. The molecule has 0 radical (unpaired) electrons. The summed E-state index contributed by atoms with van der Waals surface area (Å²) in [6.07, 6.45) is 0. The lowest BCUT2D eigenvalue weighted by atomic mass is 10.2. The molecule has 1 aromatic carbocycles. The summed E-state index contributed by atoms with van der Waals surface area (Å²) in [5.41, 5.74) is 6.51. The summed E-state index contributed by atoms with van der Waals surface area (Å²) >= 11 is 0. The quantitative estimate of drug-likeness (QED) is 0.788. The maximum Gasteiger partial charge on any atom is 0.218 e. The molecule has 6 heteroatoms. The summed E-state index contributed by atoms with van der Waals surface area (Å²) in [7, 11) is 1.75. The van der Waals surface area contributed by atoms with Crippen molar-refractivity contribution in [1.82, 2.24) is 14.8 Å². The summed E-state index contributed by atoms with van der Waals surface area (Å²) in [4.78, 5) is 4.16. The lowest BCUT2D eigenvalue weighted by Crippen LogP contribution is -2.15. The smallest absolute Gasteiger partial charge is 0.218 e. The van der Waals surface area contributed by atoms with Gasteiger partial charge in [-0.25, -0.2) is 4.68 Å². The van der Waals surface area contributed by atoms with E-state index < -0.39 is 0 Å².